The van der Waals surface area contributed by atoms with Crippen LogP contribution in [0.2, 0.25) is 5.02 Å². The van der Waals surface area contributed by atoms with Crippen LogP contribution in [0.25, 0.3) is 0 Å². The molecule has 0 saturated carbocycles. The number of halogens is 1. The van der Waals surface area contributed by atoms with Crippen molar-refractivity contribution in [3.63, 3.8) is 0 Å². The molecule has 0 bridgehead atoms. The molecule has 1 unspecified atom stereocenters. The predicted octanol–water partition coefficient (Wildman–Crippen LogP) is 3.51. The summed E-state index contributed by atoms with van der Waals surface area (Å²) in [5.41, 5.74) is 15.6. The van der Waals surface area contributed by atoms with Crippen LogP contribution in [-0.4, -0.2) is 21.9 Å². The largest absolute Gasteiger partial charge is 0.369 e. The molecule has 0 saturated heterocycles. The fraction of sp³-hybridized carbons (Fsp3) is 0.150. The predicted molar refractivity (Wildman–Crippen MR) is 113 cm³/mol. The van der Waals surface area contributed by atoms with Crippen molar-refractivity contribution in [1.29, 1.82) is 0 Å². The normalized spacial score (nSPS) is 17.2. The van der Waals surface area contributed by atoms with Crippen LogP contribution in [0, 0.1) is 0 Å². The van der Waals surface area contributed by atoms with E-state index in [0.717, 1.165) is 39.7 Å². The smallest absolute Gasteiger partial charge is 0.211 e. The Labute approximate surface area is 167 Å². The molecule has 4 rings (SSSR count). The van der Waals surface area contributed by atoms with Gasteiger partial charge in [0.15, 0.2) is 5.82 Å². The third kappa shape index (κ3) is 3.70. The van der Waals surface area contributed by atoms with E-state index in [1.165, 1.54) is 0 Å². The standard InChI is InChI=1S/C20H20ClN7/c21-15-9-5-4-8-14(15)12-10-16-18(17(11-12)26-28-20(22)23)19(27-25-16)24-13-6-2-1-3-7-13/h1-9,12H,10-11H2,(H4,22,23,28)(H2,24,25,27)/b26-17-. The summed E-state index contributed by atoms with van der Waals surface area (Å²) in [4.78, 5) is 0. The van der Waals surface area contributed by atoms with Gasteiger partial charge in [0.05, 0.1) is 11.3 Å². The lowest BCUT2D eigenvalue weighted by molar-refractivity contribution is 0.679. The molecule has 2 aromatic carbocycles. The van der Waals surface area contributed by atoms with E-state index in [1.54, 1.807) is 0 Å². The van der Waals surface area contributed by atoms with E-state index in [0.29, 0.717) is 12.2 Å². The SMILES string of the molecule is NC(N)=N/N=C1/CC(c2ccccc2Cl)Cc2[nH]nc(Nc3ccccc3)c21. The van der Waals surface area contributed by atoms with Crippen LogP contribution in [0.5, 0.6) is 0 Å². The average Bonchev–Trinajstić information content (AvgIpc) is 3.10. The second-order valence-corrected chi connectivity index (χ2v) is 7.02. The average molecular weight is 394 g/mol. The van der Waals surface area contributed by atoms with E-state index in [1.807, 2.05) is 54.6 Å². The van der Waals surface area contributed by atoms with Crippen molar-refractivity contribution in [3.8, 4) is 0 Å². The fourth-order valence-electron chi connectivity index (χ4n) is 3.47. The molecular formula is C20H20ClN7. The third-order valence-electron chi connectivity index (χ3n) is 4.69. The topological polar surface area (TPSA) is 117 Å². The van der Waals surface area contributed by atoms with Crippen molar-refractivity contribution < 1.29 is 0 Å². The highest BCUT2D eigenvalue weighted by Crippen LogP contribution is 2.38. The summed E-state index contributed by atoms with van der Waals surface area (Å²) in [6.45, 7) is 0. The number of rotatable bonds is 4. The number of nitrogens with one attached hydrogen (secondary N) is 2. The first-order valence-corrected chi connectivity index (χ1v) is 9.29. The molecule has 28 heavy (non-hydrogen) atoms. The molecule has 8 heteroatoms. The molecule has 1 atom stereocenters. The summed E-state index contributed by atoms with van der Waals surface area (Å²) >= 11 is 6.43. The van der Waals surface area contributed by atoms with Gasteiger partial charge in [-0.15, -0.1) is 5.10 Å². The van der Waals surface area contributed by atoms with E-state index < -0.39 is 0 Å². The molecule has 7 nitrogen and oxygen atoms in total. The number of H-pyrrole nitrogens is 1. The quantitative estimate of drug-likeness (QED) is 0.308. The maximum Gasteiger partial charge on any atom is 0.211 e. The van der Waals surface area contributed by atoms with E-state index in [2.05, 4.69) is 25.7 Å². The maximum absolute atomic E-state index is 6.43. The molecule has 1 heterocycles. The third-order valence-corrected chi connectivity index (χ3v) is 5.03. The number of nitrogens with zero attached hydrogens (tertiary/aromatic N) is 3. The molecule has 0 amide bonds. The van der Waals surface area contributed by atoms with Crippen molar-refractivity contribution in [2.75, 3.05) is 5.32 Å². The van der Waals surface area contributed by atoms with E-state index in [4.69, 9.17) is 23.1 Å². The first-order valence-electron chi connectivity index (χ1n) is 8.91. The van der Waals surface area contributed by atoms with Gasteiger partial charge in [0, 0.05) is 16.4 Å². The van der Waals surface area contributed by atoms with Gasteiger partial charge in [0.25, 0.3) is 0 Å². The van der Waals surface area contributed by atoms with E-state index in [9.17, 15) is 0 Å². The lowest BCUT2D eigenvalue weighted by Crippen LogP contribution is -2.23. The summed E-state index contributed by atoms with van der Waals surface area (Å²) in [5.74, 6) is 0.762. The second-order valence-electron chi connectivity index (χ2n) is 6.62. The Morgan fingerprint density at radius 3 is 2.57 bits per heavy atom. The summed E-state index contributed by atoms with van der Waals surface area (Å²) in [6.07, 6.45) is 1.42. The Bertz CT molecular complexity index is 1040. The lowest BCUT2D eigenvalue weighted by atomic mass is 9.81. The zero-order valence-corrected chi connectivity index (χ0v) is 15.8. The van der Waals surface area contributed by atoms with Crippen LogP contribution in [-0.2, 0) is 6.42 Å². The Hall–Kier alpha value is -3.32. The number of aromatic amines is 1. The van der Waals surface area contributed by atoms with Crippen molar-refractivity contribution in [2.45, 2.75) is 18.8 Å². The Kier molecular flexibility index (Phi) is 4.99. The summed E-state index contributed by atoms with van der Waals surface area (Å²) < 4.78 is 0. The number of fused-ring (bicyclic) bond motifs is 1. The number of hydrogen-bond acceptors (Lipinski definition) is 4. The molecular weight excluding hydrogens is 374 g/mol. The molecule has 1 aliphatic carbocycles. The number of nitrogens with two attached hydrogens (primary N) is 2. The van der Waals surface area contributed by atoms with Gasteiger partial charge in [0.2, 0.25) is 5.96 Å². The molecule has 0 spiro atoms. The first kappa shape index (κ1) is 18.1. The molecule has 1 aliphatic rings. The first-order chi connectivity index (χ1) is 13.6. The second kappa shape index (κ2) is 7.74. The Balaban J connectivity index is 1.74. The Morgan fingerprint density at radius 1 is 1.07 bits per heavy atom. The lowest BCUT2D eigenvalue weighted by Gasteiger charge is -2.24. The van der Waals surface area contributed by atoms with Gasteiger partial charge in [0.1, 0.15) is 0 Å². The number of anilines is 2. The minimum Gasteiger partial charge on any atom is -0.369 e. The van der Waals surface area contributed by atoms with Crippen molar-refractivity contribution in [2.24, 2.45) is 21.7 Å². The van der Waals surface area contributed by atoms with Crippen LogP contribution in [0.4, 0.5) is 11.5 Å². The minimum atomic E-state index is -0.0880. The molecule has 6 N–H and O–H groups in total. The van der Waals surface area contributed by atoms with Crippen LogP contribution < -0.4 is 16.8 Å². The minimum absolute atomic E-state index is 0.0880. The highest BCUT2D eigenvalue weighted by atomic mass is 35.5. The van der Waals surface area contributed by atoms with Gasteiger partial charge < -0.3 is 16.8 Å². The Morgan fingerprint density at radius 2 is 1.82 bits per heavy atom. The number of benzene rings is 2. The van der Waals surface area contributed by atoms with Crippen LogP contribution in [0.15, 0.2) is 64.8 Å². The van der Waals surface area contributed by atoms with Crippen LogP contribution in [0.1, 0.15) is 29.2 Å². The van der Waals surface area contributed by atoms with E-state index >= 15 is 0 Å². The van der Waals surface area contributed by atoms with Gasteiger partial charge in [-0.05, 0) is 42.5 Å². The maximum atomic E-state index is 6.43. The van der Waals surface area contributed by atoms with Crippen LogP contribution >= 0.6 is 11.6 Å². The summed E-state index contributed by atoms with van der Waals surface area (Å²) in [6, 6.07) is 17.7. The molecule has 3 aromatic rings. The summed E-state index contributed by atoms with van der Waals surface area (Å²) in [5, 5.41) is 19.9. The molecule has 0 fully saturated rings. The molecule has 1 aromatic heterocycles. The molecule has 142 valence electrons. The number of para-hydroxylation sites is 1. The van der Waals surface area contributed by atoms with E-state index in [-0.39, 0.29) is 11.9 Å². The van der Waals surface area contributed by atoms with Gasteiger partial charge in [-0.1, -0.05) is 48.0 Å². The van der Waals surface area contributed by atoms with Crippen LogP contribution in [0.3, 0.4) is 0 Å². The molecule has 0 aliphatic heterocycles. The highest BCUT2D eigenvalue weighted by Gasteiger charge is 2.30. The number of guanidine groups is 1. The van der Waals surface area contributed by atoms with Crippen molar-refractivity contribution in [3.05, 3.63) is 76.4 Å². The highest BCUT2D eigenvalue weighted by molar-refractivity contribution is 6.31. The fourth-order valence-corrected chi connectivity index (χ4v) is 3.76. The van der Waals surface area contributed by atoms with Gasteiger partial charge in [-0.2, -0.15) is 10.2 Å². The number of hydrogen-bond donors (Lipinski definition) is 4. The zero-order valence-electron chi connectivity index (χ0n) is 15.1. The van der Waals surface area contributed by atoms with Gasteiger partial charge in [-0.3, -0.25) is 5.10 Å². The molecule has 0 radical (unpaired) electrons. The number of aromatic nitrogens is 2. The van der Waals surface area contributed by atoms with Crippen molar-refractivity contribution in [1.82, 2.24) is 10.2 Å². The summed E-state index contributed by atoms with van der Waals surface area (Å²) in [7, 11) is 0. The zero-order chi connectivity index (χ0) is 19.5. The van der Waals surface area contributed by atoms with Gasteiger partial charge in [-0.25, -0.2) is 0 Å². The van der Waals surface area contributed by atoms with Gasteiger partial charge >= 0.3 is 0 Å². The monoisotopic (exact) mass is 393 g/mol. The van der Waals surface area contributed by atoms with Crippen molar-refractivity contribution >= 4 is 34.8 Å².